The predicted octanol–water partition coefficient (Wildman–Crippen LogP) is 16.4. The number of rotatable bonds is 46. The highest BCUT2D eigenvalue weighted by molar-refractivity contribution is 5.70. The van der Waals surface area contributed by atoms with Gasteiger partial charge in [-0.05, 0) is 51.4 Å². The molecule has 0 aliphatic carbocycles. The highest BCUT2D eigenvalue weighted by Gasteiger charge is 2.16. The van der Waals surface area contributed by atoms with Crippen LogP contribution in [0.4, 0.5) is 0 Å². The molecule has 57 heavy (non-hydrogen) atoms. The number of allylic oxidation sites excluding steroid dienone is 6. The molecule has 0 bridgehead atoms. The van der Waals surface area contributed by atoms with Crippen LogP contribution in [0, 0.1) is 0 Å². The van der Waals surface area contributed by atoms with E-state index in [1.807, 2.05) is 0 Å². The van der Waals surface area contributed by atoms with E-state index >= 15 is 0 Å². The van der Waals surface area contributed by atoms with Gasteiger partial charge < -0.3 is 14.6 Å². The molecule has 0 rings (SSSR count). The van der Waals surface area contributed by atoms with Crippen molar-refractivity contribution in [2.75, 3.05) is 13.2 Å². The normalized spacial score (nSPS) is 12.4. The molecule has 0 aromatic carbocycles. The highest BCUT2D eigenvalue weighted by Crippen LogP contribution is 2.16. The second kappa shape index (κ2) is 48.5. The number of hydrogen-bond donors (Lipinski definition) is 1. The van der Waals surface area contributed by atoms with Crippen LogP contribution in [0.1, 0.15) is 264 Å². The van der Waals surface area contributed by atoms with Crippen molar-refractivity contribution in [1.82, 2.24) is 0 Å². The van der Waals surface area contributed by atoms with Crippen molar-refractivity contribution in [3.05, 3.63) is 36.5 Å². The van der Waals surface area contributed by atoms with Crippen LogP contribution in [0.15, 0.2) is 36.5 Å². The second-order valence-electron chi connectivity index (χ2n) is 16.9. The summed E-state index contributed by atoms with van der Waals surface area (Å²) in [7, 11) is 0. The number of carbonyl (C=O) groups is 2. The Labute approximate surface area is 355 Å². The standard InChI is InChI=1S/C52H96O5/c1-3-5-7-9-11-13-15-17-19-21-23-24-25-26-27-28-29-31-33-35-37-39-41-43-45-47-52(55)57-50(48-53)49-56-51(54)46-44-42-40-38-36-34-32-30-22-20-18-16-14-12-10-8-6-4-2/h15,17,21,23,25-26,50,53H,3-14,16,18-20,22,24,27-49H2,1-2H3/b17-15-,23-21-,26-25-. The van der Waals surface area contributed by atoms with Gasteiger partial charge in [0, 0.05) is 12.8 Å². The van der Waals surface area contributed by atoms with E-state index in [0.29, 0.717) is 12.8 Å². The van der Waals surface area contributed by atoms with Gasteiger partial charge in [0.15, 0.2) is 6.10 Å². The first-order valence-electron chi connectivity index (χ1n) is 25.0. The van der Waals surface area contributed by atoms with Crippen LogP contribution in [-0.2, 0) is 19.1 Å². The van der Waals surface area contributed by atoms with E-state index in [0.717, 1.165) is 51.4 Å². The van der Waals surface area contributed by atoms with E-state index < -0.39 is 6.10 Å². The maximum Gasteiger partial charge on any atom is 0.306 e. The Hall–Kier alpha value is -1.88. The Balaban J connectivity index is 3.49. The number of aliphatic hydroxyl groups excluding tert-OH is 1. The first kappa shape index (κ1) is 55.1. The van der Waals surface area contributed by atoms with Crippen LogP contribution in [0.3, 0.4) is 0 Å². The fourth-order valence-electron chi connectivity index (χ4n) is 7.39. The van der Waals surface area contributed by atoms with Gasteiger partial charge in [0.1, 0.15) is 6.61 Å². The minimum absolute atomic E-state index is 0.0634. The topological polar surface area (TPSA) is 72.8 Å². The fourth-order valence-corrected chi connectivity index (χ4v) is 7.39. The molecule has 0 heterocycles. The molecule has 0 amide bonds. The number of ether oxygens (including phenoxy) is 2. The van der Waals surface area contributed by atoms with Gasteiger partial charge in [-0.2, -0.15) is 0 Å². The van der Waals surface area contributed by atoms with Gasteiger partial charge in [-0.15, -0.1) is 0 Å². The Morgan fingerprint density at radius 2 is 0.702 bits per heavy atom. The van der Waals surface area contributed by atoms with Crippen molar-refractivity contribution in [2.24, 2.45) is 0 Å². The van der Waals surface area contributed by atoms with Crippen LogP contribution in [0.25, 0.3) is 0 Å². The second-order valence-corrected chi connectivity index (χ2v) is 16.9. The molecule has 0 aliphatic rings. The maximum absolute atomic E-state index is 12.3. The molecule has 5 nitrogen and oxygen atoms in total. The van der Waals surface area contributed by atoms with Crippen molar-refractivity contribution in [1.29, 1.82) is 0 Å². The zero-order chi connectivity index (χ0) is 41.4. The van der Waals surface area contributed by atoms with Crippen molar-refractivity contribution in [3.8, 4) is 0 Å². The van der Waals surface area contributed by atoms with Gasteiger partial charge in [-0.3, -0.25) is 9.59 Å². The van der Waals surface area contributed by atoms with Gasteiger partial charge in [0.05, 0.1) is 6.61 Å². The van der Waals surface area contributed by atoms with E-state index in [1.54, 1.807) is 0 Å². The molecule has 0 fully saturated rings. The number of carbonyl (C=O) groups excluding carboxylic acids is 2. The molecular weight excluding hydrogens is 705 g/mol. The molecule has 1 unspecified atom stereocenters. The monoisotopic (exact) mass is 801 g/mol. The van der Waals surface area contributed by atoms with Gasteiger partial charge in [0.25, 0.3) is 0 Å². The van der Waals surface area contributed by atoms with Gasteiger partial charge in [-0.1, -0.05) is 237 Å². The SMILES string of the molecule is CCCCCCC/C=C\C/C=C\C/C=C\CCCCCCCCCCCCC(=O)OC(CO)COC(=O)CCCCCCCCCCCCCCCCCCCC. The predicted molar refractivity (Wildman–Crippen MR) is 247 cm³/mol. The van der Waals surface area contributed by atoms with E-state index in [-0.39, 0.29) is 25.2 Å². The van der Waals surface area contributed by atoms with E-state index in [4.69, 9.17) is 9.47 Å². The van der Waals surface area contributed by atoms with Crippen LogP contribution >= 0.6 is 0 Å². The van der Waals surface area contributed by atoms with Crippen LogP contribution in [-0.4, -0.2) is 36.4 Å². The summed E-state index contributed by atoms with van der Waals surface area (Å²) in [5, 5.41) is 9.62. The van der Waals surface area contributed by atoms with Gasteiger partial charge in [-0.25, -0.2) is 0 Å². The number of unbranched alkanes of at least 4 members (excludes halogenated alkanes) is 32. The van der Waals surface area contributed by atoms with Crippen LogP contribution in [0.2, 0.25) is 0 Å². The molecule has 0 aromatic rings. The minimum Gasteiger partial charge on any atom is -0.462 e. The summed E-state index contributed by atoms with van der Waals surface area (Å²) < 4.78 is 10.7. The average molecular weight is 801 g/mol. The summed E-state index contributed by atoms with van der Waals surface area (Å²) in [6, 6.07) is 0. The molecular formula is C52H96O5. The molecule has 1 N–H and O–H groups in total. The summed E-state index contributed by atoms with van der Waals surface area (Å²) in [5.74, 6) is -0.582. The fraction of sp³-hybridized carbons (Fsp3) is 0.846. The molecule has 0 spiro atoms. The van der Waals surface area contributed by atoms with Crippen molar-refractivity contribution in [3.63, 3.8) is 0 Å². The zero-order valence-electron chi connectivity index (χ0n) is 38.1. The molecule has 0 saturated carbocycles. The Morgan fingerprint density at radius 1 is 0.404 bits per heavy atom. The average Bonchev–Trinajstić information content (AvgIpc) is 3.21. The van der Waals surface area contributed by atoms with Gasteiger partial charge in [0.2, 0.25) is 0 Å². The summed E-state index contributed by atoms with van der Waals surface area (Å²) in [6.45, 7) is 4.16. The van der Waals surface area contributed by atoms with Crippen molar-refractivity contribution < 1.29 is 24.2 Å². The lowest BCUT2D eigenvalue weighted by molar-refractivity contribution is -0.161. The third-order valence-electron chi connectivity index (χ3n) is 11.2. The Morgan fingerprint density at radius 3 is 1.05 bits per heavy atom. The summed E-state index contributed by atoms with van der Waals surface area (Å²) in [6.07, 6.45) is 60.9. The van der Waals surface area contributed by atoms with E-state index in [9.17, 15) is 14.7 Å². The van der Waals surface area contributed by atoms with Crippen molar-refractivity contribution >= 4 is 11.9 Å². The Bertz CT molecular complexity index is 908. The largest absolute Gasteiger partial charge is 0.462 e. The zero-order valence-corrected chi connectivity index (χ0v) is 38.1. The van der Waals surface area contributed by atoms with E-state index in [1.165, 1.54) is 186 Å². The quantitative estimate of drug-likeness (QED) is 0.0377. The van der Waals surface area contributed by atoms with Crippen LogP contribution < -0.4 is 0 Å². The lowest BCUT2D eigenvalue weighted by Crippen LogP contribution is -2.28. The summed E-state index contributed by atoms with van der Waals surface area (Å²) >= 11 is 0. The number of esters is 2. The molecule has 0 radical (unpaired) electrons. The first-order chi connectivity index (χ1) is 28.1. The van der Waals surface area contributed by atoms with Crippen LogP contribution in [0.5, 0.6) is 0 Å². The summed E-state index contributed by atoms with van der Waals surface area (Å²) in [5.41, 5.74) is 0. The third kappa shape index (κ3) is 46.7. The van der Waals surface area contributed by atoms with Gasteiger partial charge >= 0.3 is 11.9 Å². The molecule has 0 aliphatic heterocycles. The minimum atomic E-state index is -0.771. The smallest absolute Gasteiger partial charge is 0.306 e. The molecule has 0 aromatic heterocycles. The Kier molecular flexibility index (Phi) is 46.9. The van der Waals surface area contributed by atoms with E-state index in [2.05, 4.69) is 50.3 Å². The summed E-state index contributed by atoms with van der Waals surface area (Å²) in [4.78, 5) is 24.4. The third-order valence-corrected chi connectivity index (χ3v) is 11.2. The molecule has 5 heteroatoms. The highest BCUT2D eigenvalue weighted by atomic mass is 16.6. The maximum atomic E-state index is 12.3. The number of hydrogen-bond acceptors (Lipinski definition) is 5. The van der Waals surface area contributed by atoms with Crippen molar-refractivity contribution in [2.45, 2.75) is 270 Å². The first-order valence-corrected chi connectivity index (χ1v) is 25.0. The molecule has 334 valence electrons. The lowest BCUT2D eigenvalue weighted by atomic mass is 10.0. The number of aliphatic hydroxyl groups is 1. The molecule has 0 saturated heterocycles. The molecule has 1 atom stereocenters. The lowest BCUT2D eigenvalue weighted by Gasteiger charge is -2.15.